The molecular formula is C25H27ClN2O4S. The van der Waals surface area contributed by atoms with E-state index in [9.17, 15) is 13.2 Å². The van der Waals surface area contributed by atoms with E-state index in [1.165, 1.54) is 0 Å². The largest absolute Gasteiger partial charge is 0.488 e. The van der Waals surface area contributed by atoms with Crippen LogP contribution in [-0.2, 0) is 28.9 Å². The lowest BCUT2D eigenvalue weighted by Gasteiger charge is -2.14. The summed E-state index contributed by atoms with van der Waals surface area (Å²) >= 11 is 5.92. The van der Waals surface area contributed by atoms with Crippen molar-refractivity contribution in [2.75, 3.05) is 0 Å². The van der Waals surface area contributed by atoms with E-state index in [1.54, 1.807) is 62.4 Å². The lowest BCUT2D eigenvalue weighted by atomic mass is 10.1. The molecule has 8 heteroatoms. The SMILES string of the molecule is CC(C)NS(=O)(=O)Cc1ccccc1CNC(=O)c1ccccc1OCc1ccc(Cl)cc1. The summed E-state index contributed by atoms with van der Waals surface area (Å²) < 4.78 is 33.2. The molecule has 0 aliphatic heterocycles. The number of benzene rings is 3. The van der Waals surface area contributed by atoms with Crippen LogP contribution in [0.5, 0.6) is 5.75 Å². The third kappa shape index (κ3) is 7.60. The summed E-state index contributed by atoms with van der Waals surface area (Å²) in [6.45, 7) is 4.04. The van der Waals surface area contributed by atoms with Crippen molar-refractivity contribution in [3.05, 3.63) is 100 Å². The van der Waals surface area contributed by atoms with Crippen molar-refractivity contribution in [2.45, 2.75) is 38.8 Å². The van der Waals surface area contributed by atoms with Gasteiger partial charge in [-0.2, -0.15) is 0 Å². The van der Waals surface area contributed by atoms with E-state index in [0.717, 1.165) is 11.1 Å². The molecule has 0 radical (unpaired) electrons. The maximum Gasteiger partial charge on any atom is 0.255 e. The van der Waals surface area contributed by atoms with Crippen molar-refractivity contribution in [1.29, 1.82) is 0 Å². The minimum absolute atomic E-state index is 0.155. The molecule has 0 unspecified atom stereocenters. The number of halogens is 1. The van der Waals surface area contributed by atoms with Crippen LogP contribution in [0.15, 0.2) is 72.8 Å². The van der Waals surface area contributed by atoms with E-state index in [2.05, 4.69) is 10.0 Å². The number of hydrogen-bond acceptors (Lipinski definition) is 4. The molecule has 3 aromatic rings. The molecule has 2 N–H and O–H groups in total. The molecular weight excluding hydrogens is 460 g/mol. The summed E-state index contributed by atoms with van der Waals surface area (Å²) in [5.74, 6) is -0.000472. The zero-order valence-electron chi connectivity index (χ0n) is 18.5. The van der Waals surface area contributed by atoms with Gasteiger partial charge in [0.05, 0.1) is 11.3 Å². The minimum Gasteiger partial charge on any atom is -0.488 e. The number of para-hydroxylation sites is 1. The molecule has 0 heterocycles. The van der Waals surface area contributed by atoms with Crippen LogP contribution >= 0.6 is 11.6 Å². The van der Waals surface area contributed by atoms with Crippen molar-refractivity contribution in [3.8, 4) is 5.75 Å². The van der Waals surface area contributed by atoms with Gasteiger partial charge in [-0.25, -0.2) is 13.1 Å². The summed E-state index contributed by atoms with van der Waals surface area (Å²) in [5, 5.41) is 3.52. The molecule has 0 aliphatic rings. The van der Waals surface area contributed by atoms with Gasteiger partial charge < -0.3 is 10.1 Å². The molecule has 0 saturated heterocycles. The smallest absolute Gasteiger partial charge is 0.255 e. The van der Waals surface area contributed by atoms with Crippen molar-refractivity contribution in [3.63, 3.8) is 0 Å². The van der Waals surface area contributed by atoms with Gasteiger partial charge in [-0.3, -0.25) is 4.79 Å². The van der Waals surface area contributed by atoms with Crippen LogP contribution in [0.1, 0.15) is 40.9 Å². The third-order valence-electron chi connectivity index (χ3n) is 4.76. The number of sulfonamides is 1. The maximum absolute atomic E-state index is 12.9. The summed E-state index contributed by atoms with van der Waals surface area (Å²) in [5.41, 5.74) is 2.70. The summed E-state index contributed by atoms with van der Waals surface area (Å²) in [6, 6.07) is 21.3. The predicted molar refractivity (Wildman–Crippen MR) is 131 cm³/mol. The monoisotopic (exact) mass is 486 g/mol. The zero-order valence-corrected chi connectivity index (χ0v) is 20.1. The van der Waals surface area contributed by atoms with Gasteiger partial charge in [-0.15, -0.1) is 0 Å². The Hall–Kier alpha value is -2.87. The van der Waals surface area contributed by atoms with Crippen molar-refractivity contribution in [1.82, 2.24) is 10.0 Å². The zero-order chi connectivity index (χ0) is 23.8. The fraction of sp³-hybridized carbons (Fsp3) is 0.240. The van der Waals surface area contributed by atoms with Crippen LogP contribution in [0.4, 0.5) is 0 Å². The Labute approximate surface area is 200 Å². The Morgan fingerprint density at radius 3 is 2.27 bits per heavy atom. The number of amides is 1. The van der Waals surface area contributed by atoms with Crippen LogP contribution in [-0.4, -0.2) is 20.4 Å². The molecule has 0 bridgehead atoms. The van der Waals surface area contributed by atoms with E-state index in [-0.39, 0.29) is 24.2 Å². The van der Waals surface area contributed by atoms with E-state index in [0.29, 0.717) is 28.5 Å². The van der Waals surface area contributed by atoms with Gasteiger partial charge >= 0.3 is 0 Å². The molecule has 3 rings (SSSR count). The predicted octanol–water partition coefficient (Wildman–Crippen LogP) is 4.68. The lowest BCUT2D eigenvalue weighted by Crippen LogP contribution is -2.32. The third-order valence-corrected chi connectivity index (χ3v) is 6.53. The van der Waals surface area contributed by atoms with Crippen molar-refractivity contribution >= 4 is 27.5 Å². The highest BCUT2D eigenvalue weighted by molar-refractivity contribution is 7.88. The normalized spacial score (nSPS) is 11.4. The Balaban J connectivity index is 1.68. The van der Waals surface area contributed by atoms with Crippen LogP contribution in [0.2, 0.25) is 5.02 Å². The molecule has 33 heavy (non-hydrogen) atoms. The standard InChI is InChI=1S/C25H27ClN2O4S/c1-18(2)28-33(30,31)17-21-8-4-3-7-20(21)15-27-25(29)23-9-5-6-10-24(23)32-16-19-11-13-22(26)14-12-19/h3-14,18,28H,15-17H2,1-2H3,(H,27,29). The minimum atomic E-state index is -3.48. The van der Waals surface area contributed by atoms with E-state index in [1.807, 2.05) is 24.3 Å². The number of carbonyl (C=O) groups excluding carboxylic acids is 1. The van der Waals surface area contributed by atoms with Crippen LogP contribution < -0.4 is 14.8 Å². The summed E-state index contributed by atoms with van der Waals surface area (Å²) in [6.07, 6.45) is 0. The van der Waals surface area contributed by atoms with Gasteiger partial charge in [0.15, 0.2) is 0 Å². The highest BCUT2D eigenvalue weighted by Gasteiger charge is 2.17. The molecule has 3 aromatic carbocycles. The second-order valence-corrected chi connectivity index (χ2v) is 10.1. The fourth-order valence-corrected chi connectivity index (χ4v) is 4.89. The molecule has 0 aliphatic carbocycles. The first-order chi connectivity index (χ1) is 15.7. The van der Waals surface area contributed by atoms with Gasteiger partial charge in [-0.1, -0.05) is 60.1 Å². The summed E-state index contributed by atoms with van der Waals surface area (Å²) in [4.78, 5) is 12.9. The fourth-order valence-electron chi connectivity index (χ4n) is 3.27. The Morgan fingerprint density at radius 1 is 0.939 bits per heavy atom. The number of nitrogens with one attached hydrogen (secondary N) is 2. The van der Waals surface area contributed by atoms with Crippen molar-refractivity contribution in [2.24, 2.45) is 0 Å². The molecule has 0 fully saturated rings. The number of carbonyl (C=O) groups is 1. The summed E-state index contributed by atoms with van der Waals surface area (Å²) in [7, 11) is -3.48. The van der Waals surface area contributed by atoms with Gasteiger partial charge in [0.25, 0.3) is 5.91 Å². The Morgan fingerprint density at radius 2 is 1.58 bits per heavy atom. The number of rotatable bonds is 10. The van der Waals surface area contributed by atoms with Crippen LogP contribution in [0, 0.1) is 0 Å². The first kappa shape index (κ1) is 24.8. The highest BCUT2D eigenvalue weighted by Crippen LogP contribution is 2.21. The van der Waals surface area contributed by atoms with E-state index < -0.39 is 10.0 Å². The molecule has 0 saturated carbocycles. The first-order valence-corrected chi connectivity index (χ1v) is 12.6. The maximum atomic E-state index is 12.9. The van der Waals surface area contributed by atoms with Gasteiger partial charge in [-0.05, 0) is 54.8 Å². The van der Waals surface area contributed by atoms with Gasteiger partial charge in [0.2, 0.25) is 10.0 Å². The molecule has 0 spiro atoms. The molecule has 6 nitrogen and oxygen atoms in total. The van der Waals surface area contributed by atoms with Crippen molar-refractivity contribution < 1.29 is 17.9 Å². The molecule has 0 atom stereocenters. The van der Waals surface area contributed by atoms with Crippen LogP contribution in [0.3, 0.4) is 0 Å². The topological polar surface area (TPSA) is 84.5 Å². The molecule has 174 valence electrons. The quantitative estimate of drug-likeness (QED) is 0.436. The lowest BCUT2D eigenvalue weighted by molar-refractivity contribution is 0.0946. The first-order valence-electron chi connectivity index (χ1n) is 10.5. The average molecular weight is 487 g/mol. The van der Waals surface area contributed by atoms with E-state index >= 15 is 0 Å². The van der Waals surface area contributed by atoms with Gasteiger partial charge in [0, 0.05) is 17.6 Å². The Bertz CT molecular complexity index is 1200. The molecule has 1 amide bonds. The highest BCUT2D eigenvalue weighted by atomic mass is 35.5. The number of hydrogen-bond donors (Lipinski definition) is 2. The van der Waals surface area contributed by atoms with Crippen LogP contribution in [0.25, 0.3) is 0 Å². The second kappa shape index (κ2) is 11.3. The Kier molecular flexibility index (Phi) is 8.49. The average Bonchev–Trinajstić information content (AvgIpc) is 2.77. The molecule has 0 aromatic heterocycles. The van der Waals surface area contributed by atoms with E-state index in [4.69, 9.17) is 16.3 Å². The second-order valence-electron chi connectivity index (χ2n) is 7.89. The number of ether oxygens (including phenoxy) is 1. The van der Waals surface area contributed by atoms with Gasteiger partial charge in [0.1, 0.15) is 12.4 Å².